The van der Waals surface area contributed by atoms with Crippen LogP contribution in [0.25, 0.3) is 0 Å². The molecular formula is C19H27ClFN3O2. The fourth-order valence-electron chi connectivity index (χ4n) is 3.07. The van der Waals surface area contributed by atoms with Crippen LogP contribution in [0.2, 0.25) is 5.02 Å². The molecule has 1 saturated heterocycles. The first-order valence-corrected chi connectivity index (χ1v) is 9.57. The summed E-state index contributed by atoms with van der Waals surface area (Å²) in [7, 11) is 0. The highest BCUT2D eigenvalue weighted by molar-refractivity contribution is 6.31. The van der Waals surface area contributed by atoms with Gasteiger partial charge in [0.15, 0.2) is 0 Å². The number of hydrogen-bond acceptors (Lipinski definition) is 3. The molecule has 0 unspecified atom stereocenters. The summed E-state index contributed by atoms with van der Waals surface area (Å²) in [6.07, 6.45) is 3.55. The van der Waals surface area contributed by atoms with Crippen LogP contribution < -0.4 is 10.6 Å². The quantitative estimate of drug-likeness (QED) is 0.709. The van der Waals surface area contributed by atoms with Crippen LogP contribution in [0.4, 0.5) is 10.1 Å². The van der Waals surface area contributed by atoms with E-state index in [4.69, 9.17) is 11.6 Å². The number of nitrogens with zero attached hydrogens (tertiary/aromatic N) is 1. The van der Waals surface area contributed by atoms with Crippen LogP contribution in [-0.4, -0.2) is 42.4 Å². The van der Waals surface area contributed by atoms with E-state index in [9.17, 15) is 14.0 Å². The Morgan fingerprint density at radius 3 is 2.65 bits per heavy atom. The van der Waals surface area contributed by atoms with Crippen LogP contribution in [0.1, 0.15) is 39.5 Å². The van der Waals surface area contributed by atoms with Gasteiger partial charge in [-0.15, -0.1) is 0 Å². The number of nitrogens with one attached hydrogen (secondary N) is 2. The van der Waals surface area contributed by atoms with E-state index in [1.807, 2.05) is 6.92 Å². The van der Waals surface area contributed by atoms with Crippen LogP contribution in [0.15, 0.2) is 18.2 Å². The lowest BCUT2D eigenvalue weighted by Gasteiger charge is -2.34. The summed E-state index contributed by atoms with van der Waals surface area (Å²) in [6.45, 7) is 6.06. The maximum Gasteiger partial charge on any atom is 0.241 e. The third kappa shape index (κ3) is 5.68. The number of hydrogen-bond donors (Lipinski definition) is 2. The highest BCUT2D eigenvalue weighted by Gasteiger charge is 2.29. The van der Waals surface area contributed by atoms with E-state index in [2.05, 4.69) is 22.5 Å². The fraction of sp³-hybridized carbons (Fsp3) is 0.579. The molecule has 0 aliphatic carbocycles. The third-order valence-corrected chi connectivity index (χ3v) is 5.13. The van der Waals surface area contributed by atoms with E-state index < -0.39 is 5.82 Å². The lowest BCUT2D eigenvalue weighted by molar-refractivity contribution is -0.127. The standard InChI is InChI=1S/C19H27ClFN3O2/c1-3-4-9-22-19(26)14-7-10-24(11-8-14)13(2)18(25)23-15-5-6-17(21)16(20)12-15/h5-6,12-14H,3-4,7-11H2,1-2H3,(H,22,26)(H,23,25)/t13-/m0/s1. The summed E-state index contributed by atoms with van der Waals surface area (Å²) < 4.78 is 13.2. The first kappa shape index (κ1) is 20.6. The van der Waals surface area contributed by atoms with Gasteiger partial charge in [-0.2, -0.15) is 0 Å². The van der Waals surface area contributed by atoms with Gasteiger partial charge in [-0.05, 0) is 57.5 Å². The highest BCUT2D eigenvalue weighted by atomic mass is 35.5. The van der Waals surface area contributed by atoms with Crippen molar-refractivity contribution in [2.24, 2.45) is 5.92 Å². The van der Waals surface area contributed by atoms with Crippen molar-refractivity contribution in [2.45, 2.75) is 45.6 Å². The van der Waals surface area contributed by atoms with Crippen LogP contribution in [0, 0.1) is 11.7 Å². The number of carbonyl (C=O) groups excluding carboxylic acids is 2. The number of rotatable bonds is 7. The Labute approximate surface area is 159 Å². The summed E-state index contributed by atoms with van der Waals surface area (Å²) in [5.41, 5.74) is 0.471. The Kier molecular flexibility index (Phi) is 7.85. The zero-order valence-electron chi connectivity index (χ0n) is 15.4. The number of benzene rings is 1. The van der Waals surface area contributed by atoms with E-state index in [0.717, 1.165) is 32.2 Å². The first-order chi connectivity index (χ1) is 12.4. The summed E-state index contributed by atoms with van der Waals surface area (Å²) in [5.74, 6) is -0.541. The second-order valence-corrected chi connectivity index (χ2v) is 7.16. The zero-order valence-corrected chi connectivity index (χ0v) is 16.1. The molecule has 2 rings (SSSR count). The molecule has 0 saturated carbocycles. The topological polar surface area (TPSA) is 61.4 Å². The van der Waals surface area contributed by atoms with E-state index in [0.29, 0.717) is 18.8 Å². The van der Waals surface area contributed by atoms with E-state index in [-0.39, 0.29) is 28.8 Å². The molecule has 0 aromatic heterocycles. The number of unbranched alkanes of at least 4 members (excludes halogenated alkanes) is 1. The second-order valence-electron chi connectivity index (χ2n) is 6.75. The molecular weight excluding hydrogens is 357 g/mol. The SMILES string of the molecule is CCCCNC(=O)C1CCN([C@@H](C)C(=O)Nc2ccc(F)c(Cl)c2)CC1. The van der Waals surface area contributed by atoms with Crippen LogP contribution in [0.3, 0.4) is 0 Å². The maximum absolute atomic E-state index is 13.2. The largest absolute Gasteiger partial charge is 0.356 e. The number of likely N-dealkylation sites (tertiary alicyclic amines) is 1. The molecule has 1 heterocycles. The van der Waals surface area contributed by atoms with Gasteiger partial charge in [0.1, 0.15) is 5.82 Å². The normalized spacial score (nSPS) is 16.9. The molecule has 1 aromatic carbocycles. The number of anilines is 1. The Balaban J connectivity index is 1.81. The molecule has 1 aliphatic rings. The highest BCUT2D eigenvalue weighted by Crippen LogP contribution is 2.22. The average Bonchev–Trinajstić information content (AvgIpc) is 2.64. The summed E-state index contributed by atoms with van der Waals surface area (Å²) in [4.78, 5) is 26.6. The zero-order chi connectivity index (χ0) is 19.1. The molecule has 1 atom stereocenters. The molecule has 144 valence electrons. The Morgan fingerprint density at radius 2 is 2.04 bits per heavy atom. The smallest absolute Gasteiger partial charge is 0.241 e. The number of carbonyl (C=O) groups is 2. The summed E-state index contributed by atoms with van der Waals surface area (Å²) >= 11 is 5.74. The van der Waals surface area contributed by atoms with Gasteiger partial charge in [0.05, 0.1) is 11.1 Å². The third-order valence-electron chi connectivity index (χ3n) is 4.84. The average molecular weight is 384 g/mol. The summed E-state index contributed by atoms with van der Waals surface area (Å²) in [5, 5.41) is 5.72. The molecule has 0 spiro atoms. The minimum absolute atomic E-state index is 0.0225. The molecule has 1 aliphatic heterocycles. The van der Waals surface area contributed by atoms with Crippen molar-refractivity contribution in [1.29, 1.82) is 0 Å². The van der Waals surface area contributed by atoms with Crippen molar-refractivity contribution >= 4 is 29.1 Å². The van der Waals surface area contributed by atoms with E-state index >= 15 is 0 Å². The Bertz CT molecular complexity index is 633. The van der Waals surface area contributed by atoms with Crippen molar-refractivity contribution in [1.82, 2.24) is 10.2 Å². The van der Waals surface area contributed by atoms with E-state index in [1.165, 1.54) is 18.2 Å². The van der Waals surface area contributed by atoms with Crippen LogP contribution >= 0.6 is 11.6 Å². The predicted molar refractivity (Wildman–Crippen MR) is 102 cm³/mol. The van der Waals surface area contributed by atoms with Gasteiger partial charge in [-0.25, -0.2) is 4.39 Å². The van der Waals surface area contributed by atoms with Crippen LogP contribution in [0.5, 0.6) is 0 Å². The first-order valence-electron chi connectivity index (χ1n) is 9.20. The molecule has 1 aromatic rings. The van der Waals surface area contributed by atoms with Gasteiger partial charge in [-0.3, -0.25) is 14.5 Å². The van der Waals surface area contributed by atoms with Gasteiger partial charge >= 0.3 is 0 Å². The Morgan fingerprint density at radius 1 is 1.35 bits per heavy atom. The Hall–Kier alpha value is -1.66. The number of halogens is 2. The van der Waals surface area contributed by atoms with Crippen molar-refractivity contribution in [2.75, 3.05) is 25.0 Å². The van der Waals surface area contributed by atoms with Crippen molar-refractivity contribution < 1.29 is 14.0 Å². The lowest BCUT2D eigenvalue weighted by atomic mass is 9.95. The lowest BCUT2D eigenvalue weighted by Crippen LogP contribution is -2.48. The monoisotopic (exact) mass is 383 g/mol. The van der Waals surface area contributed by atoms with Gasteiger partial charge in [0, 0.05) is 18.2 Å². The molecule has 5 nitrogen and oxygen atoms in total. The fourth-order valence-corrected chi connectivity index (χ4v) is 3.25. The van der Waals surface area contributed by atoms with Crippen LogP contribution in [-0.2, 0) is 9.59 Å². The van der Waals surface area contributed by atoms with Crippen molar-refractivity contribution in [3.63, 3.8) is 0 Å². The molecule has 7 heteroatoms. The summed E-state index contributed by atoms with van der Waals surface area (Å²) in [6, 6.07) is 3.78. The molecule has 1 fully saturated rings. The molecule has 0 radical (unpaired) electrons. The molecule has 2 amide bonds. The second kappa shape index (κ2) is 9.88. The number of piperidine rings is 1. The molecule has 2 N–H and O–H groups in total. The van der Waals surface area contributed by atoms with E-state index in [1.54, 1.807) is 0 Å². The van der Waals surface area contributed by atoms with Crippen molar-refractivity contribution in [3.8, 4) is 0 Å². The van der Waals surface area contributed by atoms with Gasteiger partial charge in [0.2, 0.25) is 11.8 Å². The molecule has 26 heavy (non-hydrogen) atoms. The minimum atomic E-state index is -0.517. The predicted octanol–water partition coefficient (Wildman–Crippen LogP) is 3.43. The van der Waals surface area contributed by atoms with Gasteiger partial charge in [0.25, 0.3) is 0 Å². The number of amides is 2. The maximum atomic E-state index is 13.2. The van der Waals surface area contributed by atoms with Gasteiger partial charge in [-0.1, -0.05) is 24.9 Å². The van der Waals surface area contributed by atoms with Crippen molar-refractivity contribution in [3.05, 3.63) is 29.0 Å². The van der Waals surface area contributed by atoms with Gasteiger partial charge < -0.3 is 10.6 Å². The molecule has 0 bridgehead atoms. The minimum Gasteiger partial charge on any atom is -0.356 e.